The summed E-state index contributed by atoms with van der Waals surface area (Å²) in [6, 6.07) is 14.4. The molecule has 0 saturated carbocycles. The summed E-state index contributed by atoms with van der Waals surface area (Å²) in [6.45, 7) is 4.00. The zero-order valence-corrected chi connectivity index (χ0v) is 15.1. The van der Waals surface area contributed by atoms with Crippen LogP contribution in [0.25, 0.3) is 0 Å². The maximum absolute atomic E-state index is 12.3. The van der Waals surface area contributed by atoms with Crippen molar-refractivity contribution in [1.29, 1.82) is 0 Å². The summed E-state index contributed by atoms with van der Waals surface area (Å²) in [5.41, 5.74) is 3.04. The van der Waals surface area contributed by atoms with Crippen LogP contribution >= 0.6 is 0 Å². The first-order chi connectivity index (χ1) is 11.3. The molecule has 0 aliphatic heterocycles. The average molecular weight is 345 g/mol. The molecule has 2 rings (SSSR count). The minimum absolute atomic E-state index is 0.0436. The Kier molecular flexibility index (Phi) is 5.78. The van der Waals surface area contributed by atoms with Gasteiger partial charge in [0.05, 0.1) is 17.4 Å². The Morgan fingerprint density at radius 3 is 2.12 bits per heavy atom. The number of hydrogen-bond donors (Lipinski definition) is 1. The highest BCUT2D eigenvalue weighted by Crippen LogP contribution is 2.19. The van der Waals surface area contributed by atoms with E-state index in [1.54, 1.807) is 24.3 Å². The minimum atomic E-state index is -3.21. The van der Waals surface area contributed by atoms with E-state index in [0.717, 1.165) is 23.1 Å². The van der Waals surface area contributed by atoms with Gasteiger partial charge in [-0.15, -0.1) is 0 Å². The minimum Gasteiger partial charge on any atom is -0.349 e. The number of benzene rings is 2. The lowest BCUT2D eigenvalue weighted by Gasteiger charge is -2.18. The van der Waals surface area contributed by atoms with Gasteiger partial charge in [-0.2, -0.15) is 0 Å². The van der Waals surface area contributed by atoms with Crippen LogP contribution in [0, 0.1) is 6.92 Å². The highest BCUT2D eigenvalue weighted by Gasteiger charge is 2.14. The van der Waals surface area contributed by atoms with Crippen LogP contribution in [0.4, 0.5) is 0 Å². The number of amides is 1. The molecule has 2 aromatic carbocycles. The highest BCUT2D eigenvalue weighted by molar-refractivity contribution is 7.90. The summed E-state index contributed by atoms with van der Waals surface area (Å²) in [5.74, 6) is -0.0436. The molecule has 24 heavy (non-hydrogen) atoms. The third-order valence-electron chi connectivity index (χ3n) is 3.94. The van der Waals surface area contributed by atoms with E-state index in [0.29, 0.717) is 6.42 Å². The molecule has 2 aromatic rings. The Bertz CT molecular complexity index is 794. The summed E-state index contributed by atoms with van der Waals surface area (Å²) in [4.78, 5) is 12.5. The van der Waals surface area contributed by atoms with Gasteiger partial charge in [0.15, 0.2) is 9.84 Å². The van der Waals surface area contributed by atoms with E-state index in [9.17, 15) is 13.2 Å². The normalized spacial score (nSPS) is 12.6. The quantitative estimate of drug-likeness (QED) is 0.874. The van der Waals surface area contributed by atoms with E-state index in [1.165, 1.54) is 6.26 Å². The monoisotopic (exact) mass is 345 g/mol. The molecule has 0 unspecified atom stereocenters. The third-order valence-corrected chi connectivity index (χ3v) is 5.07. The van der Waals surface area contributed by atoms with Gasteiger partial charge in [-0.3, -0.25) is 4.79 Å². The lowest BCUT2D eigenvalue weighted by molar-refractivity contribution is -0.121. The van der Waals surface area contributed by atoms with Crippen LogP contribution in [0.1, 0.15) is 36.1 Å². The van der Waals surface area contributed by atoms with Crippen molar-refractivity contribution in [1.82, 2.24) is 5.32 Å². The van der Waals surface area contributed by atoms with Crippen molar-refractivity contribution in [3.63, 3.8) is 0 Å². The second-order valence-corrected chi connectivity index (χ2v) is 8.05. The SMILES string of the molecule is CC[C@H](NC(=O)Cc1ccc(C)cc1)c1ccc(S(C)(=O)=O)cc1. The Morgan fingerprint density at radius 1 is 1.04 bits per heavy atom. The number of hydrogen-bond acceptors (Lipinski definition) is 3. The van der Waals surface area contributed by atoms with E-state index in [1.807, 2.05) is 38.1 Å². The molecule has 1 N–H and O–H groups in total. The largest absolute Gasteiger partial charge is 0.349 e. The second-order valence-electron chi connectivity index (χ2n) is 6.03. The molecule has 1 atom stereocenters. The lowest BCUT2D eigenvalue weighted by Crippen LogP contribution is -2.29. The van der Waals surface area contributed by atoms with Crippen molar-refractivity contribution in [3.05, 3.63) is 65.2 Å². The molecule has 0 fully saturated rings. The van der Waals surface area contributed by atoms with E-state index in [4.69, 9.17) is 0 Å². The van der Waals surface area contributed by atoms with Crippen LogP contribution in [0.15, 0.2) is 53.4 Å². The standard InChI is InChI=1S/C19H23NO3S/c1-4-18(16-9-11-17(12-10-16)24(3,22)23)20-19(21)13-15-7-5-14(2)6-8-15/h5-12,18H,4,13H2,1-3H3,(H,20,21)/t18-/m0/s1. The molecule has 0 spiro atoms. The van der Waals surface area contributed by atoms with Gasteiger partial charge in [-0.1, -0.05) is 48.9 Å². The molecular formula is C19H23NO3S. The Morgan fingerprint density at radius 2 is 1.62 bits per heavy atom. The molecule has 5 heteroatoms. The predicted octanol–water partition coefficient (Wildman–Crippen LogP) is 3.21. The topological polar surface area (TPSA) is 63.2 Å². The van der Waals surface area contributed by atoms with Crippen LogP contribution in [-0.2, 0) is 21.1 Å². The number of nitrogens with one attached hydrogen (secondary N) is 1. The molecule has 0 aliphatic carbocycles. The van der Waals surface area contributed by atoms with Crippen LogP contribution in [-0.4, -0.2) is 20.6 Å². The molecule has 0 bridgehead atoms. The number of aryl methyl sites for hydroxylation is 1. The summed E-state index contributed by atoms with van der Waals surface area (Å²) >= 11 is 0. The van der Waals surface area contributed by atoms with Crippen molar-refractivity contribution in [3.8, 4) is 0 Å². The van der Waals surface area contributed by atoms with Gasteiger partial charge < -0.3 is 5.32 Å². The fraction of sp³-hybridized carbons (Fsp3) is 0.316. The molecule has 1 amide bonds. The summed E-state index contributed by atoms with van der Waals surface area (Å²) in [5, 5.41) is 3.02. The van der Waals surface area contributed by atoms with Crippen LogP contribution in [0.2, 0.25) is 0 Å². The van der Waals surface area contributed by atoms with Gasteiger partial charge >= 0.3 is 0 Å². The van der Waals surface area contributed by atoms with Crippen molar-refractivity contribution in [2.75, 3.05) is 6.26 Å². The Labute approximate surface area is 143 Å². The van der Waals surface area contributed by atoms with Gasteiger partial charge in [0, 0.05) is 6.26 Å². The predicted molar refractivity (Wildman–Crippen MR) is 95.6 cm³/mol. The molecule has 128 valence electrons. The van der Waals surface area contributed by atoms with Gasteiger partial charge in [0.2, 0.25) is 5.91 Å². The molecule has 4 nitrogen and oxygen atoms in total. The zero-order chi connectivity index (χ0) is 17.7. The maximum Gasteiger partial charge on any atom is 0.224 e. The highest BCUT2D eigenvalue weighted by atomic mass is 32.2. The van der Waals surface area contributed by atoms with Crippen LogP contribution < -0.4 is 5.32 Å². The first-order valence-corrected chi connectivity index (χ1v) is 9.83. The van der Waals surface area contributed by atoms with E-state index >= 15 is 0 Å². The first-order valence-electron chi connectivity index (χ1n) is 7.94. The van der Waals surface area contributed by atoms with Gasteiger partial charge in [-0.25, -0.2) is 8.42 Å². The molecule has 0 heterocycles. The summed E-state index contributed by atoms with van der Waals surface area (Å²) < 4.78 is 23.0. The van der Waals surface area contributed by atoms with Gasteiger partial charge in [0.1, 0.15) is 0 Å². The van der Waals surface area contributed by atoms with Crippen molar-refractivity contribution < 1.29 is 13.2 Å². The maximum atomic E-state index is 12.3. The van der Waals surface area contributed by atoms with Gasteiger partial charge in [-0.05, 0) is 36.6 Å². The average Bonchev–Trinajstić information content (AvgIpc) is 2.54. The van der Waals surface area contributed by atoms with Gasteiger partial charge in [0.25, 0.3) is 0 Å². The number of rotatable bonds is 6. The number of carbonyl (C=O) groups is 1. The van der Waals surface area contributed by atoms with Crippen molar-refractivity contribution >= 4 is 15.7 Å². The first kappa shape index (κ1) is 18.2. The third kappa shape index (κ3) is 4.93. The van der Waals surface area contributed by atoms with Crippen molar-refractivity contribution in [2.45, 2.75) is 37.6 Å². The smallest absolute Gasteiger partial charge is 0.224 e. The second kappa shape index (κ2) is 7.62. The zero-order valence-electron chi connectivity index (χ0n) is 14.2. The van der Waals surface area contributed by atoms with E-state index in [2.05, 4.69) is 5.32 Å². The van der Waals surface area contributed by atoms with E-state index < -0.39 is 9.84 Å². The fourth-order valence-electron chi connectivity index (χ4n) is 2.51. The fourth-order valence-corrected chi connectivity index (χ4v) is 3.14. The molecule has 0 radical (unpaired) electrons. The Hall–Kier alpha value is -2.14. The molecule has 0 aromatic heterocycles. The molecule has 0 saturated heterocycles. The number of sulfone groups is 1. The molecular weight excluding hydrogens is 322 g/mol. The Balaban J connectivity index is 2.05. The van der Waals surface area contributed by atoms with Crippen LogP contribution in [0.3, 0.4) is 0 Å². The van der Waals surface area contributed by atoms with Crippen LogP contribution in [0.5, 0.6) is 0 Å². The van der Waals surface area contributed by atoms with Crippen molar-refractivity contribution in [2.24, 2.45) is 0 Å². The van der Waals surface area contributed by atoms with E-state index in [-0.39, 0.29) is 16.8 Å². The molecule has 0 aliphatic rings. The summed E-state index contributed by atoms with van der Waals surface area (Å²) in [6.07, 6.45) is 2.25. The number of carbonyl (C=O) groups excluding carboxylic acids is 1. The summed E-state index contributed by atoms with van der Waals surface area (Å²) in [7, 11) is -3.21. The lowest BCUT2D eigenvalue weighted by atomic mass is 10.0.